The number of hydrogen-bond donors (Lipinski definition) is 2. The third-order valence-electron chi connectivity index (χ3n) is 5.38. The van der Waals surface area contributed by atoms with Crippen LogP contribution in [0, 0.1) is 13.8 Å². The monoisotopic (exact) mass is 427 g/mol. The van der Waals surface area contributed by atoms with Gasteiger partial charge in [0.1, 0.15) is 10.6 Å². The quantitative estimate of drug-likeness (QED) is 0.449. The molecule has 0 unspecified atom stereocenters. The number of nitrogens with zero attached hydrogens (tertiary/aromatic N) is 4. The molecule has 0 amide bonds. The molecule has 0 atom stereocenters. The molecule has 9 heteroatoms. The molecule has 30 heavy (non-hydrogen) atoms. The Morgan fingerprint density at radius 1 is 1.17 bits per heavy atom. The highest BCUT2D eigenvalue weighted by molar-refractivity contribution is 7.86. The molecule has 0 fully saturated rings. The van der Waals surface area contributed by atoms with Gasteiger partial charge < -0.3 is 9.88 Å². The van der Waals surface area contributed by atoms with Gasteiger partial charge in [0.15, 0.2) is 0 Å². The van der Waals surface area contributed by atoms with Crippen molar-refractivity contribution in [3.63, 3.8) is 0 Å². The minimum absolute atomic E-state index is 0.107. The summed E-state index contributed by atoms with van der Waals surface area (Å²) < 4.78 is 33.9. The van der Waals surface area contributed by atoms with Gasteiger partial charge in [-0.3, -0.25) is 4.55 Å². The molecule has 1 aromatic heterocycles. The summed E-state index contributed by atoms with van der Waals surface area (Å²) in [5, 5.41) is 8.27. The van der Waals surface area contributed by atoms with Crippen molar-refractivity contribution in [2.45, 2.75) is 51.5 Å². The van der Waals surface area contributed by atoms with E-state index in [2.05, 4.69) is 38.9 Å². The number of imidazole rings is 1. The maximum absolute atomic E-state index is 12.1. The van der Waals surface area contributed by atoms with Crippen molar-refractivity contribution in [2.24, 2.45) is 10.2 Å². The van der Waals surface area contributed by atoms with Gasteiger partial charge in [-0.1, -0.05) is 6.07 Å². The van der Waals surface area contributed by atoms with Crippen LogP contribution in [0.1, 0.15) is 37.0 Å². The smallest absolute Gasteiger partial charge is 0.296 e. The van der Waals surface area contributed by atoms with Gasteiger partial charge in [-0.2, -0.15) is 8.42 Å². The number of rotatable bonds is 4. The average molecular weight is 428 g/mol. The first kappa shape index (κ1) is 20.5. The molecule has 0 saturated heterocycles. The molecule has 0 aliphatic carbocycles. The van der Waals surface area contributed by atoms with E-state index in [-0.39, 0.29) is 22.6 Å². The standard InChI is InChI=1S/C21H25N5O3S/c1-12(2)26-7-5-6-15-10-16(19(11-18(15)26)30(27,28)29)24-25-21-22-17-9-13(3)8-14(4)20(17)23-21/h8-12H,5-7H2,1-4H3,(H,22,23)(H,27,28,29). The van der Waals surface area contributed by atoms with Gasteiger partial charge in [0.2, 0.25) is 5.95 Å². The van der Waals surface area contributed by atoms with Crippen LogP contribution in [-0.4, -0.2) is 35.5 Å². The minimum atomic E-state index is -4.47. The topological polar surface area (TPSA) is 111 Å². The Hall–Kier alpha value is -2.78. The van der Waals surface area contributed by atoms with Crippen LogP contribution in [0.2, 0.25) is 0 Å². The van der Waals surface area contributed by atoms with Gasteiger partial charge in [0.25, 0.3) is 10.1 Å². The first-order valence-electron chi connectivity index (χ1n) is 9.93. The SMILES string of the molecule is Cc1cc(C)c2nc(N=Nc3cc4c(cc3S(=O)(=O)O)N(C(C)C)CCC4)[nH]c2c1. The molecule has 0 radical (unpaired) electrons. The zero-order valence-electron chi connectivity index (χ0n) is 17.5. The summed E-state index contributed by atoms with van der Waals surface area (Å²) in [4.78, 5) is 9.43. The number of fused-ring (bicyclic) bond motifs is 2. The van der Waals surface area contributed by atoms with E-state index < -0.39 is 10.1 Å². The van der Waals surface area contributed by atoms with Gasteiger partial charge >= 0.3 is 0 Å². The Morgan fingerprint density at radius 2 is 1.93 bits per heavy atom. The van der Waals surface area contributed by atoms with Crippen LogP contribution < -0.4 is 4.90 Å². The average Bonchev–Trinajstić information content (AvgIpc) is 3.07. The number of aryl methyl sites for hydroxylation is 3. The van der Waals surface area contributed by atoms with Crippen molar-refractivity contribution in [1.82, 2.24) is 9.97 Å². The van der Waals surface area contributed by atoms with Crippen molar-refractivity contribution in [3.05, 3.63) is 41.0 Å². The van der Waals surface area contributed by atoms with E-state index in [0.717, 1.165) is 52.8 Å². The minimum Gasteiger partial charge on any atom is -0.369 e. The fourth-order valence-electron chi connectivity index (χ4n) is 4.06. The number of aromatic amines is 1. The van der Waals surface area contributed by atoms with Crippen LogP contribution in [0.4, 0.5) is 17.3 Å². The number of hydrogen-bond acceptors (Lipinski definition) is 6. The Morgan fingerprint density at radius 3 is 2.63 bits per heavy atom. The van der Waals surface area contributed by atoms with Crippen molar-refractivity contribution in [2.75, 3.05) is 11.4 Å². The fourth-order valence-corrected chi connectivity index (χ4v) is 4.68. The molecule has 158 valence electrons. The van der Waals surface area contributed by atoms with E-state index in [1.54, 1.807) is 6.07 Å². The molecule has 4 rings (SSSR count). The lowest BCUT2D eigenvalue weighted by atomic mass is 10.00. The van der Waals surface area contributed by atoms with Crippen LogP contribution in [0.15, 0.2) is 39.4 Å². The van der Waals surface area contributed by atoms with Crippen molar-refractivity contribution in [1.29, 1.82) is 0 Å². The van der Waals surface area contributed by atoms with E-state index in [0.29, 0.717) is 0 Å². The number of anilines is 1. The Balaban J connectivity index is 1.80. The highest BCUT2D eigenvalue weighted by atomic mass is 32.2. The number of azo groups is 1. The molecule has 0 spiro atoms. The van der Waals surface area contributed by atoms with E-state index in [9.17, 15) is 13.0 Å². The van der Waals surface area contributed by atoms with E-state index in [4.69, 9.17) is 0 Å². The molecule has 0 bridgehead atoms. The van der Waals surface area contributed by atoms with Gasteiger partial charge in [-0.05, 0) is 75.4 Å². The van der Waals surface area contributed by atoms with E-state index in [1.165, 1.54) is 6.07 Å². The Labute approximate surface area is 175 Å². The van der Waals surface area contributed by atoms with Crippen LogP contribution in [-0.2, 0) is 16.5 Å². The lowest BCUT2D eigenvalue weighted by Crippen LogP contribution is -2.35. The first-order valence-corrected chi connectivity index (χ1v) is 11.4. The first-order chi connectivity index (χ1) is 14.1. The van der Waals surface area contributed by atoms with Gasteiger partial charge in [0.05, 0.1) is 11.0 Å². The summed E-state index contributed by atoms with van der Waals surface area (Å²) in [7, 11) is -4.47. The van der Waals surface area contributed by atoms with Crippen LogP contribution in [0.5, 0.6) is 0 Å². The summed E-state index contributed by atoms with van der Waals surface area (Å²) in [5.74, 6) is 0.279. The zero-order chi connectivity index (χ0) is 21.6. The zero-order valence-corrected chi connectivity index (χ0v) is 18.3. The summed E-state index contributed by atoms with van der Waals surface area (Å²) >= 11 is 0. The summed E-state index contributed by atoms with van der Waals surface area (Å²) in [6, 6.07) is 7.42. The van der Waals surface area contributed by atoms with Crippen LogP contribution in [0.3, 0.4) is 0 Å². The lowest BCUT2D eigenvalue weighted by Gasteiger charge is -2.35. The molecule has 2 N–H and O–H groups in total. The Kier molecular flexibility index (Phi) is 5.11. The van der Waals surface area contributed by atoms with E-state index in [1.807, 2.05) is 26.0 Å². The highest BCUT2D eigenvalue weighted by Crippen LogP contribution is 2.37. The second-order valence-electron chi connectivity index (χ2n) is 8.05. The fraction of sp³-hybridized carbons (Fsp3) is 0.381. The summed E-state index contributed by atoms with van der Waals surface area (Å²) in [5.41, 5.74) is 5.67. The van der Waals surface area contributed by atoms with Crippen LogP contribution in [0.25, 0.3) is 11.0 Å². The Bertz CT molecular complexity index is 1260. The molecular formula is C21H25N5O3S. The summed E-state index contributed by atoms with van der Waals surface area (Å²) in [6.07, 6.45) is 1.78. The predicted octanol–water partition coefficient (Wildman–Crippen LogP) is 5.00. The van der Waals surface area contributed by atoms with Gasteiger partial charge in [0, 0.05) is 18.3 Å². The maximum atomic E-state index is 12.1. The normalized spacial score (nSPS) is 14.8. The maximum Gasteiger partial charge on any atom is 0.296 e. The van der Waals surface area contributed by atoms with Gasteiger partial charge in [-0.15, -0.1) is 10.2 Å². The highest BCUT2D eigenvalue weighted by Gasteiger charge is 2.25. The van der Waals surface area contributed by atoms with Crippen molar-refractivity contribution < 1.29 is 13.0 Å². The van der Waals surface area contributed by atoms with Crippen LogP contribution >= 0.6 is 0 Å². The lowest BCUT2D eigenvalue weighted by molar-refractivity contribution is 0.483. The number of H-pyrrole nitrogens is 1. The molecule has 3 aromatic rings. The molecule has 2 aromatic carbocycles. The molecule has 1 aliphatic heterocycles. The second-order valence-corrected chi connectivity index (χ2v) is 9.44. The molecule has 1 aliphatic rings. The van der Waals surface area contributed by atoms with Gasteiger partial charge in [-0.25, -0.2) is 4.98 Å². The predicted molar refractivity (Wildman–Crippen MR) is 117 cm³/mol. The van der Waals surface area contributed by atoms with E-state index >= 15 is 0 Å². The molecule has 2 heterocycles. The molecule has 8 nitrogen and oxygen atoms in total. The third kappa shape index (κ3) is 3.82. The molecular weight excluding hydrogens is 402 g/mol. The third-order valence-corrected chi connectivity index (χ3v) is 6.26. The number of aromatic nitrogens is 2. The van der Waals surface area contributed by atoms with Crippen molar-refractivity contribution >= 4 is 38.5 Å². The summed E-state index contributed by atoms with van der Waals surface area (Å²) in [6.45, 7) is 8.92. The number of nitrogens with one attached hydrogen (secondary N) is 1. The number of benzene rings is 2. The largest absolute Gasteiger partial charge is 0.369 e. The van der Waals surface area contributed by atoms with Crippen molar-refractivity contribution in [3.8, 4) is 0 Å². The second kappa shape index (κ2) is 7.48. The molecule has 0 saturated carbocycles.